The Morgan fingerprint density at radius 3 is 2.39 bits per heavy atom. The molecule has 0 radical (unpaired) electrons. The molecule has 0 aliphatic heterocycles. The van der Waals surface area contributed by atoms with Crippen LogP contribution >= 0.6 is 0 Å². The van der Waals surface area contributed by atoms with Crippen LogP contribution in [0.1, 0.15) is 66.4 Å². The third-order valence-electron chi connectivity index (χ3n) is 4.13. The summed E-state index contributed by atoms with van der Waals surface area (Å²) >= 11 is 0. The Kier molecular flexibility index (Phi) is 4.57. The van der Waals surface area contributed by atoms with E-state index in [1.807, 2.05) is 19.1 Å². The Morgan fingerprint density at radius 2 is 1.78 bits per heavy atom. The van der Waals surface area contributed by atoms with E-state index in [-0.39, 0.29) is 0 Å². The van der Waals surface area contributed by atoms with Gasteiger partial charge in [0.25, 0.3) is 0 Å². The van der Waals surface area contributed by atoms with Gasteiger partial charge in [0, 0.05) is 12.0 Å². The van der Waals surface area contributed by atoms with Crippen LogP contribution in [0.4, 0.5) is 0 Å². The molecule has 0 saturated heterocycles. The molecule has 1 aliphatic rings. The van der Waals surface area contributed by atoms with Gasteiger partial charge >= 0.3 is 0 Å². The fourth-order valence-corrected chi connectivity index (χ4v) is 3.07. The number of hydrogen-bond donors (Lipinski definition) is 0. The lowest BCUT2D eigenvalue weighted by molar-refractivity contribution is 0.0956. The zero-order valence-electron chi connectivity index (χ0n) is 11.7. The summed E-state index contributed by atoms with van der Waals surface area (Å²) in [4.78, 5) is 12.4. The molecule has 0 spiro atoms. The molecule has 0 atom stereocenters. The molecule has 0 N–H and O–H groups in total. The van der Waals surface area contributed by atoms with Crippen LogP contribution in [0.5, 0.6) is 0 Å². The molecule has 1 aromatic carbocycles. The summed E-state index contributed by atoms with van der Waals surface area (Å²) in [5, 5.41) is 0. The van der Waals surface area contributed by atoms with Crippen molar-refractivity contribution >= 4 is 5.78 Å². The first-order valence-electron chi connectivity index (χ1n) is 7.27. The highest BCUT2D eigenvalue weighted by atomic mass is 16.1. The molecule has 1 heteroatoms. The minimum Gasteiger partial charge on any atom is -0.294 e. The second kappa shape index (κ2) is 6.17. The van der Waals surface area contributed by atoms with E-state index in [0.717, 1.165) is 17.5 Å². The minimum absolute atomic E-state index is 0.347. The third-order valence-corrected chi connectivity index (χ3v) is 4.13. The van der Waals surface area contributed by atoms with Crippen molar-refractivity contribution in [2.24, 2.45) is 5.92 Å². The van der Waals surface area contributed by atoms with Gasteiger partial charge in [-0.15, -0.1) is 0 Å². The van der Waals surface area contributed by atoms with Crippen molar-refractivity contribution in [3.63, 3.8) is 0 Å². The highest BCUT2D eigenvalue weighted by Crippen LogP contribution is 2.27. The van der Waals surface area contributed by atoms with E-state index in [0.29, 0.717) is 11.7 Å². The lowest BCUT2D eigenvalue weighted by Gasteiger charge is -2.14. The fourth-order valence-electron chi connectivity index (χ4n) is 3.07. The van der Waals surface area contributed by atoms with E-state index < -0.39 is 0 Å². The van der Waals surface area contributed by atoms with Crippen LogP contribution in [0.25, 0.3) is 0 Å². The molecular weight excluding hydrogens is 220 g/mol. The van der Waals surface area contributed by atoms with Crippen LogP contribution in [-0.2, 0) is 0 Å². The van der Waals surface area contributed by atoms with Crippen LogP contribution in [0.3, 0.4) is 0 Å². The van der Waals surface area contributed by atoms with Gasteiger partial charge in [-0.05, 0) is 25.3 Å². The molecule has 1 nitrogen and oxygen atoms in total. The molecule has 0 aromatic heterocycles. The molecule has 2 rings (SSSR count). The Hall–Kier alpha value is -1.11. The van der Waals surface area contributed by atoms with Crippen LogP contribution < -0.4 is 0 Å². The van der Waals surface area contributed by atoms with Gasteiger partial charge in [0.05, 0.1) is 0 Å². The number of hydrogen-bond acceptors (Lipinski definition) is 1. The molecule has 1 aliphatic carbocycles. The summed E-state index contributed by atoms with van der Waals surface area (Å²) in [6, 6.07) is 6.16. The number of benzene rings is 1. The van der Waals surface area contributed by atoms with E-state index in [1.54, 1.807) is 0 Å². The zero-order valence-corrected chi connectivity index (χ0v) is 11.7. The summed E-state index contributed by atoms with van der Waals surface area (Å²) in [6.45, 7) is 4.12. The van der Waals surface area contributed by atoms with Crippen LogP contribution in [-0.4, -0.2) is 5.78 Å². The van der Waals surface area contributed by atoms with E-state index in [9.17, 15) is 4.79 Å². The summed E-state index contributed by atoms with van der Waals surface area (Å²) in [5.41, 5.74) is 3.30. The van der Waals surface area contributed by atoms with Gasteiger partial charge in [0.15, 0.2) is 5.78 Å². The van der Waals surface area contributed by atoms with Crippen LogP contribution in [0.15, 0.2) is 18.2 Å². The predicted octanol–water partition coefficient (Wildman–Crippen LogP) is 4.85. The first-order chi connectivity index (χ1) is 8.66. The van der Waals surface area contributed by atoms with Gasteiger partial charge in [-0.3, -0.25) is 4.79 Å². The smallest absolute Gasteiger partial charge is 0.163 e. The summed E-state index contributed by atoms with van der Waals surface area (Å²) in [5.74, 6) is 0.972. The number of carbonyl (C=O) groups excluding carboxylic acids is 1. The number of rotatable bonds is 3. The largest absolute Gasteiger partial charge is 0.294 e. The van der Waals surface area contributed by atoms with Gasteiger partial charge in [0.2, 0.25) is 0 Å². The first kappa shape index (κ1) is 13.3. The maximum atomic E-state index is 12.4. The molecule has 0 unspecified atom stereocenters. The average Bonchev–Trinajstić information content (AvgIpc) is 2.57. The van der Waals surface area contributed by atoms with Crippen molar-refractivity contribution in [3.8, 4) is 0 Å². The van der Waals surface area contributed by atoms with Gasteiger partial charge in [0.1, 0.15) is 0 Å². The standard InChI is InChI=1S/C17H24O/c1-13-9-10-16(14(2)11-13)17(18)12-15-7-5-3-4-6-8-15/h9-11,15H,3-8,12H2,1-2H3. The molecule has 0 bridgehead atoms. The maximum absolute atomic E-state index is 12.4. The third kappa shape index (κ3) is 3.44. The Labute approximate surface area is 111 Å². The highest BCUT2D eigenvalue weighted by molar-refractivity contribution is 5.97. The Bertz CT molecular complexity index is 412. The monoisotopic (exact) mass is 244 g/mol. The molecule has 1 saturated carbocycles. The van der Waals surface area contributed by atoms with Crippen LogP contribution in [0, 0.1) is 19.8 Å². The van der Waals surface area contributed by atoms with Crippen LogP contribution in [0.2, 0.25) is 0 Å². The predicted molar refractivity (Wildman–Crippen MR) is 76.1 cm³/mol. The van der Waals surface area contributed by atoms with Gasteiger partial charge in [-0.25, -0.2) is 0 Å². The lowest BCUT2D eigenvalue weighted by atomic mass is 9.90. The average molecular weight is 244 g/mol. The number of ketones is 1. The van der Waals surface area contributed by atoms with Crippen molar-refractivity contribution in [3.05, 3.63) is 34.9 Å². The number of aryl methyl sites for hydroxylation is 2. The van der Waals surface area contributed by atoms with Crippen molar-refractivity contribution in [1.29, 1.82) is 0 Å². The van der Waals surface area contributed by atoms with Crippen molar-refractivity contribution in [2.45, 2.75) is 58.8 Å². The minimum atomic E-state index is 0.347. The lowest BCUT2D eigenvalue weighted by Crippen LogP contribution is -2.09. The SMILES string of the molecule is Cc1ccc(C(=O)CC2CCCCCC2)c(C)c1. The molecule has 1 aromatic rings. The molecule has 0 amide bonds. The summed E-state index contributed by atoms with van der Waals surface area (Å²) in [6.07, 6.45) is 8.58. The zero-order chi connectivity index (χ0) is 13.0. The second-order valence-corrected chi connectivity index (χ2v) is 5.80. The second-order valence-electron chi connectivity index (χ2n) is 5.80. The first-order valence-corrected chi connectivity index (χ1v) is 7.27. The normalized spacial score (nSPS) is 17.4. The fraction of sp³-hybridized carbons (Fsp3) is 0.588. The molecule has 0 heterocycles. The van der Waals surface area contributed by atoms with Gasteiger partial charge in [-0.2, -0.15) is 0 Å². The highest BCUT2D eigenvalue weighted by Gasteiger charge is 2.18. The van der Waals surface area contributed by atoms with Crippen molar-refractivity contribution in [1.82, 2.24) is 0 Å². The number of Topliss-reactive ketones (excluding diaryl/α,β-unsaturated/α-hetero) is 1. The molecule has 1 fully saturated rings. The Balaban J connectivity index is 2.02. The molecule has 18 heavy (non-hydrogen) atoms. The van der Waals surface area contributed by atoms with E-state index in [4.69, 9.17) is 0 Å². The summed E-state index contributed by atoms with van der Waals surface area (Å²) < 4.78 is 0. The maximum Gasteiger partial charge on any atom is 0.163 e. The van der Waals surface area contributed by atoms with Gasteiger partial charge < -0.3 is 0 Å². The van der Waals surface area contributed by atoms with E-state index in [2.05, 4.69) is 13.0 Å². The molecule has 98 valence electrons. The quantitative estimate of drug-likeness (QED) is 0.549. The van der Waals surface area contributed by atoms with Gasteiger partial charge in [-0.1, -0.05) is 62.3 Å². The molecular formula is C17H24O. The Morgan fingerprint density at radius 1 is 1.11 bits per heavy atom. The summed E-state index contributed by atoms with van der Waals surface area (Å²) in [7, 11) is 0. The van der Waals surface area contributed by atoms with E-state index >= 15 is 0 Å². The number of carbonyl (C=O) groups is 1. The van der Waals surface area contributed by atoms with Crippen molar-refractivity contribution in [2.75, 3.05) is 0 Å². The van der Waals surface area contributed by atoms with E-state index in [1.165, 1.54) is 44.1 Å². The topological polar surface area (TPSA) is 17.1 Å². The van der Waals surface area contributed by atoms with Crippen molar-refractivity contribution < 1.29 is 4.79 Å².